The fraction of sp³-hybridized carbons (Fsp3) is 0.562. The number of nitrogens with one attached hydrogen (secondary N) is 1. The van der Waals surface area contributed by atoms with E-state index in [-0.39, 0.29) is 12.5 Å². The summed E-state index contributed by atoms with van der Waals surface area (Å²) in [5, 5.41) is 1.99. The molecule has 0 saturated carbocycles. The first-order valence-electron chi connectivity index (χ1n) is 7.31. The van der Waals surface area contributed by atoms with E-state index in [1.54, 1.807) is 0 Å². The lowest BCUT2D eigenvalue weighted by atomic mass is 10.1. The van der Waals surface area contributed by atoms with Gasteiger partial charge in [0.05, 0.1) is 0 Å². The topological polar surface area (TPSA) is 41.6 Å². The Morgan fingerprint density at radius 1 is 1.15 bits per heavy atom. The third kappa shape index (κ3) is 3.97. The zero-order valence-electron chi connectivity index (χ0n) is 12.7. The number of rotatable bonds is 4. The number of nitrogens with zero attached hydrogens (tertiary/aromatic N) is 1. The Morgan fingerprint density at radius 2 is 1.75 bits per heavy atom. The Morgan fingerprint density at radius 3 is 2.35 bits per heavy atom. The van der Waals surface area contributed by atoms with Crippen molar-refractivity contribution >= 4 is 5.91 Å². The van der Waals surface area contributed by atoms with Gasteiger partial charge in [0, 0.05) is 13.1 Å². The first-order chi connectivity index (χ1) is 9.56. The number of hydrogen-bond donors (Lipinski definition) is 1. The summed E-state index contributed by atoms with van der Waals surface area (Å²) in [6.07, 6.45) is 3.55. The normalized spacial score (nSPS) is 15.9. The Kier molecular flexibility index (Phi) is 5.01. The number of hydrogen-bond acceptors (Lipinski definition) is 3. The lowest BCUT2D eigenvalue weighted by molar-refractivity contribution is -0.128. The second-order valence-corrected chi connectivity index (χ2v) is 5.60. The smallest absolute Gasteiger partial charge is 0.272 e. The van der Waals surface area contributed by atoms with Gasteiger partial charge in [-0.2, -0.15) is 0 Å². The van der Waals surface area contributed by atoms with Gasteiger partial charge in [0.15, 0.2) is 6.61 Å². The molecule has 1 aromatic rings. The highest BCUT2D eigenvalue weighted by molar-refractivity contribution is 5.77. The Balaban J connectivity index is 1.87. The number of carbonyl (C=O) groups excluding carboxylic acids is 1. The molecule has 0 atom stereocenters. The van der Waals surface area contributed by atoms with Crippen LogP contribution in [-0.2, 0) is 4.79 Å². The zero-order valence-corrected chi connectivity index (χ0v) is 12.7. The van der Waals surface area contributed by atoms with Gasteiger partial charge in [-0.05, 0) is 44.7 Å². The fourth-order valence-corrected chi connectivity index (χ4v) is 2.75. The predicted molar refractivity (Wildman–Crippen MR) is 79.7 cm³/mol. The van der Waals surface area contributed by atoms with Crippen LogP contribution in [-0.4, -0.2) is 30.6 Å². The van der Waals surface area contributed by atoms with Crippen LogP contribution < -0.4 is 10.2 Å². The van der Waals surface area contributed by atoms with E-state index in [4.69, 9.17) is 4.74 Å². The van der Waals surface area contributed by atoms with Crippen LogP contribution in [0.4, 0.5) is 0 Å². The molecule has 2 rings (SSSR count). The minimum Gasteiger partial charge on any atom is -0.483 e. The van der Waals surface area contributed by atoms with Crippen LogP contribution in [0.2, 0.25) is 0 Å². The molecule has 0 spiro atoms. The standard InChI is InChI=1S/C16H24N2O2/c1-12-9-13(2)16(14(3)10-12)20-11-15(19)17-18-7-5-4-6-8-18/h9-10H,4-8,11H2,1-3H3,(H,17,19). The van der Waals surface area contributed by atoms with Crippen molar-refractivity contribution in [1.29, 1.82) is 0 Å². The highest BCUT2D eigenvalue weighted by atomic mass is 16.5. The van der Waals surface area contributed by atoms with E-state index in [0.29, 0.717) is 0 Å². The second kappa shape index (κ2) is 6.75. The van der Waals surface area contributed by atoms with Crippen molar-refractivity contribution in [3.8, 4) is 5.75 Å². The lowest BCUT2D eigenvalue weighted by Crippen LogP contribution is -2.46. The maximum absolute atomic E-state index is 11.9. The quantitative estimate of drug-likeness (QED) is 0.918. The summed E-state index contributed by atoms with van der Waals surface area (Å²) in [6, 6.07) is 4.15. The molecule has 0 bridgehead atoms. The van der Waals surface area contributed by atoms with Crippen molar-refractivity contribution in [3.05, 3.63) is 28.8 Å². The summed E-state index contributed by atoms with van der Waals surface area (Å²) < 4.78 is 5.69. The molecular formula is C16H24N2O2. The molecule has 110 valence electrons. The zero-order chi connectivity index (χ0) is 14.5. The first kappa shape index (κ1) is 14.9. The van der Waals surface area contributed by atoms with E-state index in [2.05, 4.69) is 24.5 Å². The number of benzene rings is 1. The summed E-state index contributed by atoms with van der Waals surface area (Å²) in [5.41, 5.74) is 6.28. The number of aryl methyl sites for hydroxylation is 3. The SMILES string of the molecule is Cc1cc(C)c(OCC(=O)NN2CCCCC2)c(C)c1. The van der Waals surface area contributed by atoms with Crippen LogP contribution >= 0.6 is 0 Å². The first-order valence-corrected chi connectivity index (χ1v) is 7.31. The van der Waals surface area contributed by atoms with Crippen molar-refractivity contribution in [2.75, 3.05) is 19.7 Å². The fourth-order valence-electron chi connectivity index (χ4n) is 2.75. The Hall–Kier alpha value is -1.55. The molecule has 4 nitrogen and oxygen atoms in total. The highest BCUT2D eigenvalue weighted by Crippen LogP contribution is 2.24. The monoisotopic (exact) mass is 276 g/mol. The van der Waals surface area contributed by atoms with Gasteiger partial charge in [-0.1, -0.05) is 24.1 Å². The number of carbonyl (C=O) groups is 1. The number of amides is 1. The maximum Gasteiger partial charge on any atom is 0.272 e. The van der Waals surface area contributed by atoms with Gasteiger partial charge in [-0.3, -0.25) is 10.2 Å². The summed E-state index contributed by atoms with van der Waals surface area (Å²) >= 11 is 0. The molecule has 1 aromatic carbocycles. The molecule has 0 radical (unpaired) electrons. The van der Waals surface area contributed by atoms with E-state index in [1.807, 2.05) is 18.9 Å². The molecule has 0 aromatic heterocycles. The third-order valence-electron chi connectivity index (χ3n) is 3.59. The van der Waals surface area contributed by atoms with Crippen LogP contribution in [0.3, 0.4) is 0 Å². The van der Waals surface area contributed by atoms with Crippen LogP contribution in [0.1, 0.15) is 36.0 Å². The predicted octanol–water partition coefficient (Wildman–Crippen LogP) is 2.51. The van der Waals surface area contributed by atoms with Gasteiger partial charge in [0.2, 0.25) is 0 Å². The molecule has 4 heteroatoms. The van der Waals surface area contributed by atoms with Crippen LogP contribution in [0.25, 0.3) is 0 Å². The molecule has 1 fully saturated rings. The van der Waals surface area contributed by atoms with Crippen LogP contribution in [0.15, 0.2) is 12.1 Å². The summed E-state index contributed by atoms with van der Waals surface area (Å²) in [5.74, 6) is 0.746. The molecular weight excluding hydrogens is 252 g/mol. The number of piperidine rings is 1. The van der Waals surface area contributed by atoms with Gasteiger partial charge in [0.1, 0.15) is 5.75 Å². The summed E-state index contributed by atoms with van der Waals surface area (Å²) in [4.78, 5) is 11.9. The van der Waals surface area contributed by atoms with Crippen molar-refractivity contribution < 1.29 is 9.53 Å². The van der Waals surface area contributed by atoms with Gasteiger partial charge >= 0.3 is 0 Å². The Labute approximate surface area is 121 Å². The van der Waals surface area contributed by atoms with E-state index in [1.165, 1.54) is 12.0 Å². The molecule has 1 aliphatic rings. The number of ether oxygens (including phenoxy) is 1. The second-order valence-electron chi connectivity index (χ2n) is 5.60. The molecule has 1 aliphatic heterocycles. The van der Waals surface area contributed by atoms with Crippen molar-refractivity contribution in [3.63, 3.8) is 0 Å². The summed E-state index contributed by atoms with van der Waals surface area (Å²) in [7, 11) is 0. The third-order valence-corrected chi connectivity index (χ3v) is 3.59. The van der Waals surface area contributed by atoms with Gasteiger partial charge in [0.25, 0.3) is 5.91 Å². The Bertz CT molecular complexity index is 456. The van der Waals surface area contributed by atoms with E-state index < -0.39 is 0 Å². The van der Waals surface area contributed by atoms with E-state index >= 15 is 0 Å². The van der Waals surface area contributed by atoms with E-state index in [0.717, 1.165) is 42.8 Å². The number of hydrazine groups is 1. The molecule has 1 heterocycles. The van der Waals surface area contributed by atoms with Crippen LogP contribution in [0.5, 0.6) is 5.75 Å². The molecule has 1 saturated heterocycles. The molecule has 1 N–H and O–H groups in total. The molecule has 1 amide bonds. The largest absolute Gasteiger partial charge is 0.483 e. The molecule has 0 unspecified atom stereocenters. The summed E-state index contributed by atoms with van der Waals surface area (Å²) in [6.45, 7) is 8.03. The van der Waals surface area contributed by atoms with Gasteiger partial charge < -0.3 is 4.74 Å². The minimum atomic E-state index is -0.0775. The highest BCUT2D eigenvalue weighted by Gasteiger charge is 2.14. The molecule has 0 aliphatic carbocycles. The van der Waals surface area contributed by atoms with Crippen LogP contribution in [0, 0.1) is 20.8 Å². The van der Waals surface area contributed by atoms with Crippen molar-refractivity contribution in [1.82, 2.24) is 10.4 Å². The maximum atomic E-state index is 11.9. The van der Waals surface area contributed by atoms with Crippen molar-refractivity contribution in [2.24, 2.45) is 0 Å². The van der Waals surface area contributed by atoms with Gasteiger partial charge in [-0.15, -0.1) is 0 Å². The van der Waals surface area contributed by atoms with E-state index in [9.17, 15) is 4.79 Å². The minimum absolute atomic E-state index is 0.0707. The average Bonchev–Trinajstić information content (AvgIpc) is 2.38. The average molecular weight is 276 g/mol. The van der Waals surface area contributed by atoms with Gasteiger partial charge in [-0.25, -0.2) is 5.01 Å². The van der Waals surface area contributed by atoms with Crippen molar-refractivity contribution in [2.45, 2.75) is 40.0 Å². The molecule has 20 heavy (non-hydrogen) atoms. The lowest BCUT2D eigenvalue weighted by Gasteiger charge is -2.26.